The van der Waals surface area contributed by atoms with E-state index >= 15 is 0 Å². The van der Waals surface area contributed by atoms with Gasteiger partial charge in [0.25, 0.3) is 0 Å². The van der Waals surface area contributed by atoms with E-state index < -0.39 is 5.97 Å². The van der Waals surface area contributed by atoms with Gasteiger partial charge in [0.1, 0.15) is 0 Å². The van der Waals surface area contributed by atoms with Crippen molar-refractivity contribution in [2.75, 3.05) is 6.54 Å². The zero-order valence-electron chi connectivity index (χ0n) is 16.1. The standard InChI is InChI=1S/C22H21ClN4O3/c23-16-7-5-13(6-8-16)17(9-10-24)21(28)27-11-18-19(12-27)25-26-20(18)14-1-3-15(4-2-14)22(29)30/h1-8,17H,9-12,24H2,(H,25,26)(H,29,30). The second-order valence-electron chi connectivity index (χ2n) is 7.29. The number of aromatic carboxylic acids is 1. The van der Waals surface area contributed by atoms with Crippen molar-refractivity contribution in [3.8, 4) is 11.3 Å². The van der Waals surface area contributed by atoms with E-state index in [0.717, 1.165) is 28.1 Å². The zero-order valence-corrected chi connectivity index (χ0v) is 16.9. The smallest absolute Gasteiger partial charge is 0.335 e. The Morgan fingerprint density at radius 3 is 2.47 bits per heavy atom. The van der Waals surface area contributed by atoms with Crippen molar-refractivity contribution in [3.63, 3.8) is 0 Å². The summed E-state index contributed by atoms with van der Waals surface area (Å²) in [5.74, 6) is -1.29. The molecule has 1 aliphatic rings. The maximum Gasteiger partial charge on any atom is 0.335 e. The Balaban J connectivity index is 1.56. The van der Waals surface area contributed by atoms with Crippen molar-refractivity contribution < 1.29 is 14.7 Å². The third-order valence-corrected chi connectivity index (χ3v) is 5.65. The number of H-pyrrole nitrogens is 1. The molecule has 0 fully saturated rings. The van der Waals surface area contributed by atoms with E-state index in [9.17, 15) is 9.59 Å². The lowest BCUT2D eigenvalue weighted by atomic mass is 9.94. The Kier molecular flexibility index (Phi) is 5.57. The number of halogens is 1. The second kappa shape index (κ2) is 8.30. The van der Waals surface area contributed by atoms with E-state index in [1.165, 1.54) is 0 Å². The number of nitrogens with zero attached hydrogens (tertiary/aromatic N) is 2. The number of benzene rings is 2. The summed E-state index contributed by atoms with van der Waals surface area (Å²) in [7, 11) is 0. The summed E-state index contributed by atoms with van der Waals surface area (Å²) < 4.78 is 0. The van der Waals surface area contributed by atoms with Gasteiger partial charge in [0.05, 0.1) is 36.0 Å². The number of carboxylic acid groups (broad SMARTS) is 1. The Morgan fingerprint density at radius 1 is 1.13 bits per heavy atom. The molecule has 3 aromatic rings. The summed E-state index contributed by atoms with van der Waals surface area (Å²) >= 11 is 5.99. The highest BCUT2D eigenvalue weighted by atomic mass is 35.5. The van der Waals surface area contributed by atoms with Crippen LogP contribution in [0.1, 0.15) is 39.5 Å². The minimum Gasteiger partial charge on any atom is -0.478 e. The van der Waals surface area contributed by atoms with Crippen LogP contribution in [0.3, 0.4) is 0 Å². The molecule has 1 amide bonds. The Hall–Kier alpha value is -3.16. The molecule has 1 unspecified atom stereocenters. The summed E-state index contributed by atoms with van der Waals surface area (Å²) in [6.45, 7) is 1.29. The van der Waals surface area contributed by atoms with Gasteiger partial charge in [-0.05, 0) is 42.8 Å². The number of nitrogens with one attached hydrogen (secondary N) is 1. The Labute approximate surface area is 178 Å². The third kappa shape index (κ3) is 3.81. The highest BCUT2D eigenvalue weighted by Gasteiger charge is 2.32. The first-order chi connectivity index (χ1) is 14.5. The second-order valence-corrected chi connectivity index (χ2v) is 7.72. The number of amides is 1. The number of aromatic amines is 1. The molecule has 1 aliphatic heterocycles. The van der Waals surface area contributed by atoms with E-state index in [-0.39, 0.29) is 17.4 Å². The molecule has 4 N–H and O–H groups in total. The maximum atomic E-state index is 13.3. The quantitative estimate of drug-likeness (QED) is 0.561. The summed E-state index contributed by atoms with van der Waals surface area (Å²) in [6, 6.07) is 13.9. The van der Waals surface area contributed by atoms with Gasteiger partial charge in [-0.1, -0.05) is 35.9 Å². The van der Waals surface area contributed by atoms with Crippen LogP contribution < -0.4 is 5.73 Å². The first-order valence-corrected chi connectivity index (χ1v) is 10.00. The molecule has 154 valence electrons. The number of carboxylic acids is 1. The topological polar surface area (TPSA) is 112 Å². The van der Waals surface area contributed by atoms with Gasteiger partial charge in [-0.3, -0.25) is 9.89 Å². The van der Waals surface area contributed by atoms with Gasteiger partial charge in [-0.15, -0.1) is 0 Å². The molecule has 0 spiro atoms. The van der Waals surface area contributed by atoms with Crippen LogP contribution in [0.4, 0.5) is 0 Å². The molecule has 0 bridgehead atoms. The van der Waals surface area contributed by atoms with Crippen molar-refractivity contribution in [2.45, 2.75) is 25.4 Å². The number of fused-ring (bicyclic) bond motifs is 1. The molecule has 0 aliphatic carbocycles. The van der Waals surface area contributed by atoms with E-state index in [4.69, 9.17) is 22.4 Å². The number of rotatable bonds is 6. The van der Waals surface area contributed by atoms with Crippen molar-refractivity contribution >= 4 is 23.5 Å². The Bertz CT molecular complexity index is 1080. The van der Waals surface area contributed by atoms with Gasteiger partial charge < -0.3 is 15.7 Å². The third-order valence-electron chi connectivity index (χ3n) is 5.39. The molecule has 8 heteroatoms. The van der Waals surface area contributed by atoms with Gasteiger partial charge in [0, 0.05) is 16.1 Å². The van der Waals surface area contributed by atoms with Crippen LogP contribution in [0.2, 0.25) is 5.02 Å². The number of carbonyl (C=O) groups excluding carboxylic acids is 1. The average Bonchev–Trinajstić information content (AvgIpc) is 3.33. The lowest BCUT2D eigenvalue weighted by Gasteiger charge is -2.23. The molecule has 30 heavy (non-hydrogen) atoms. The van der Waals surface area contributed by atoms with Crippen LogP contribution in [0, 0.1) is 0 Å². The van der Waals surface area contributed by atoms with Crippen LogP contribution in [0.5, 0.6) is 0 Å². The van der Waals surface area contributed by atoms with E-state index in [1.807, 2.05) is 12.1 Å². The first kappa shape index (κ1) is 20.1. The molecule has 0 saturated carbocycles. The minimum absolute atomic E-state index is 0.0135. The first-order valence-electron chi connectivity index (χ1n) is 9.62. The molecule has 1 aromatic heterocycles. The average molecular weight is 425 g/mol. The number of aromatic nitrogens is 2. The molecule has 0 radical (unpaired) electrons. The lowest BCUT2D eigenvalue weighted by Crippen LogP contribution is -2.32. The maximum absolute atomic E-state index is 13.3. The van der Waals surface area contributed by atoms with Crippen molar-refractivity contribution in [1.82, 2.24) is 15.1 Å². The van der Waals surface area contributed by atoms with Crippen molar-refractivity contribution in [2.24, 2.45) is 5.73 Å². The Morgan fingerprint density at radius 2 is 1.83 bits per heavy atom. The fourth-order valence-electron chi connectivity index (χ4n) is 3.82. The monoisotopic (exact) mass is 424 g/mol. The van der Waals surface area contributed by atoms with Gasteiger partial charge >= 0.3 is 5.97 Å². The fraction of sp³-hybridized carbons (Fsp3) is 0.227. The van der Waals surface area contributed by atoms with Crippen LogP contribution in [0.15, 0.2) is 48.5 Å². The number of hydrogen-bond acceptors (Lipinski definition) is 4. The molecule has 0 saturated heterocycles. The summed E-state index contributed by atoms with van der Waals surface area (Å²) in [6.07, 6.45) is 0.548. The highest BCUT2D eigenvalue weighted by molar-refractivity contribution is 6.30. The molecular formula is C22H21ClN4O3. The normalized spacial score (nSPS) is 13.9. The molecule has 4 rings (SSSR count). The van der Waals surface area contributed by atoms with Crippen LogP contribution in [0.25, 0.3) is 11.3 Å². The van der Waals surface area contributed by atoms with Crippen LogP contribution >= 0.6 is 11.6 Å². The molecule has 7 nitrogen and oxygen atoms in total. The van der Waals surface area contributed by atoms with Gasteiger partial charge in [0.15, 0.2) is 0 Å². The van der Waals surface area contributed by atoms with Crippen LogP contribution in [-0.2, 0) is 17.9 Å². The predicted octanol–water partition coefficient (Wildman–Crippen LogP) is 3.40. The highest BCUT2D eigenvalue weighted by Crippen LogP contribution is 2.33. The summed E-state index contributed by atoms with van der Waals surface area (Å²) in [5, 5.41) is 17.1. The number of nitrogens with two attached hydrogens (primary N) is 1. The van der Waals surface area contributed by atoms with Gasteiger partial charge in [0.2, 0.25) is 5.91 Å². The fourth-order valence-corrected chi connectivity index (χ4v) is 3.95. The van der Waals surface area contributed by atoms with Crippen LogP contribution in [-0.4, -0.2) is 38.6 Å². The van der Waals surface area contributed by atoms with E-state index in [1.54, 1.807) is 41.3 Å². The minimum atomic E-state index is -0.973. The summed E-state index contributed by atoms with van der Waals surface area (Å²) in [5.41, 5.74) is 10.3. The molecule has 2 aromatic carbocycles. The number of hydrogen-bond donors (Lipinski definition) is 3. The van der Waals surface area contributed by atoms with Crippen molar-refractivity contribution in [3.05, 3.63) is 75.9 Å². The number of carbonyl (C=O) groups is 2. The zero-order chi connectivity index (χ0) is 21.3. The predicted molar refractivity (Wildman–Crippen MR) is 113 cm³/mol. The van der Waals surface area contributed by atoms with E-state index in [0.29, 0.717) is 31.1 Å². The lowest BCUT2D eigenvalue weighted by molar-refractivity contribution is -0.133. The summed E-state index contributed by atoms with van der Waals surface area (Å²) in [4.78, 5) is 26.2. The SMILES string of the molecule is NCCC(C(=O)N1Cc2[nH]nc(-c3ccc(C(=O)O)cc3)c2C1)c1ccc(Cl)cc1. The van der Waals surface area contributed by atoms with E-state index in [2.05, 4.69) is 10.2 Å². The van der Waals surface area contributed by atoms with Gasteiger partial charge in [-0.2, -0.15) is 5.10 Å². The van der Waals surface area contributed by atoms with Gasteiger partial charge in [-0.25, -0.2) is 4.79 Å². The van der Waals surface area contributed by atoms with Crippen molar-refractivity contribution in [1.29, 1.82) is 0 Å². The molecular weight excluding hydrogens is 404 g/mol. The molecule has 2 heterocycles. The molecule has 1 atom stereocenters. The largest absolute Gasteiger partial charge is 0.478 e.